The van der Waals surface area contributed by atoms with Crippen molar-refractivity contribution >= 4 is 11.6 Å². The number of rotatable bonds is 7. The van der Waals surface area contributed by atoms with E-state index in [1.807, 2.05) is 19.2 Å². The third kappa shape index (κ3) is 4.42. The van der Waals surface area contributed by atoms with Crippen molar-refractivity contribution in [3.63, 3.8) is 0 Å². The lowest BCUT2D eigenvalue weighted by Crippen LogP contribution is -2.07. The zero-order chi connectivity index (χ0) is 11.8. The lowest BCUT2D eigenvalue weighted by atomic mass is 10.1. The van der Waals surface area contributed by atoms with Gasteiger partial charge >= 0.3 is 0 Å². The molecule has 1 aromatic rings. The van der Waals surface area contributed by atoms with Crippen LogP contribution in [0.3, 0.4) is 0 Å². The standard InChI is InChI=1S/C13H20ClNO/c1-15-9-5-3-4-6-11-7-8-13(16-2)12(14)10-11/h7-8,10,15H,3-6,9H2,1-2H3. The van der Waals surface area contributed by atoms with Crippen molar-refractivity contribution in [2.75, 3.05) is 20.7 Å². The summed E-state index contributed by atoms with van der Waals surface area (Å²) in [5.41, 5.74) is 1.29. The van der Waals surface area contributed by atoms with Crippen molar-refractivity contribution in [1.82, 2.24) is 5.32 Å². The summed E-state index contributed by atoms with van der Waals surface area (Å²) >= 11 is 6.06. The van der Waals surface area contributed by atoms with Crippen LogP contribution < -0.4 is 10.1 Å². The minimum Gasteiger partial charge on any atom is -0.495 e. The second kappa shape index (κ2) is 7.53. The van der Waals surface area contributed by atoms with E-state index >= 15 is 0 Å². The molecule has 0 atom stereocenters. The number of benzene rings is 1. The zero-order valence-electron chi connectivity index (χ0n) is 10.1. The van der Waals surface area contributed by atoms with Crippen molar-refractivity contribution in [1.29, 1.82) is 0 Å². The Hall–Kier alpha value is -0.730. The van der Waals surface area contributed by atoms with Crippen LogP contribution in [0.25, 0.3) is 0 Å². The monoisotopic (exact) mass is 241 g/mol. The summed E-state index contributed by atoms with van der Waals surface area (Å²) in [5.74, 6) is 0.751. The van der Waals surface area contributed by atoms with Crippen molar-refractivity contribution in [3.8, 4) is 5.75 Å². The highest BCUT2D eigenvalue weighted by molar-refractivity contribution is 6.32. The molecule has 0 heterocycles. The van der Waals surface area contributed by atoms with E-state index in [0.29, 0.717) is 5.02 Å². The number of nitrogens with one attached hydrogen (secondary N) is 1. The summed E-state index contributed by atoms with van der Waals surface area (Å²) < 4.78 is 5.12. The average Bonchev–Trinajstić information content (AvgIpc) is 2.29. The maximum Gasteiger partial charge on any atom is 0.137 e. The molecule has 3 heteroatoms. The topological polar surface area (TPSA) is 21.3 Å². The minimum atomic E-state index is 0.704. The Morgan fingerprint density at radius 3 is 2.69 bits per heavy atom. The van der Waals surface area contributed by atoms with E-state index in [9.17, 15) is 0 Å². The summed E-state index contributed by atoms with van der Waals surface area (Å²) in [6.07, 6.45) is 4.79. The SMILES string of the molecule is CNCCCCCc1ccc(OC)c(Cl)c1. The van der Waals surface area contributed by atoms with Gasteiger partial charge in [-0.2, -0.15) is 0 Å². The molecule has 0 unspecified atom stereocenters. The molecule has 1 aromatic carbocycles. The van der Waals surface area contributed by atoms with Crippen LogP contribution in [0.15, 0.2) is 18.2 Å². The van der Waals surface area contributed by atoms with Crippen molar-refractivity contribution in [2.24, 2.45) is 0 Å². The molecule has 90 valence electrons. The van der Waals surface area contributed by atoms with Crippen LogP contribution in [-0.2, 0) is 6.42 Å². The first kappa shape index (κ1) is 13.3. The molecule has 0 bridgehead atoms. The molecule has 0 fully saturated rings. The maximum absolute atomic E-state index is 6.06. The fourth-order valence-electron chi connectivity index (χ4n) is 1.67. The van der Waals surface area contributed by atoms with Crippen molar-refractivity contribution in [3.05, 3.63) is 28.8 Å². The lowest BCUT2D eigenvalue weighted by molar-refractivity contribution is 0.415. The van der Waals surface area contributed by atoms with Gasteiger partial charge in [-0.1, -0.05) is 24.1 Å². The molecule has 1 N–H and O–H groups in total. The first-order valence-corrected chi connectivity index (χ1v) is 6.12. The molecule has 2 nitrogen and oxygen atoms in total. The number of ether oxygens (including phenoxy) is 1. The minimum absolute atomic E-state index is 0.704. The molecular weight excluding hydrogens is 222 g/mol. The van der Waals surface area contributed by atoms with Crippen LogP contribution in [0.1, 0.15) is 24.8 Å². The molecule has 0 aromatic heterocycles. The molecule has 0 aliphatic rings. The number of unbranched alkanes of at least 4 members (excludes halogenated alkanes) is 2. The summed E-state index contributed by atoms with van der Waals surface area (Å²) in [6, 6.07) is 6.02. The molecule has 0 saturated heterocycles. The Kier molecular flexibility index (Phi) is 6.27. The lowest BCUT2D eigenvalue weighted by Gasteiger charge is -2.06. The molecule has 0 radical (unpaired) electrons. The van der Waals surface area contributed by atoms with Gasteiger partial charge in [0.25, 0.3) is 0 Å². The number of hydrogen-bond donors (Lipinski definition) is 1. The van der Waals surface area contributed by atoms with Gasteiger partial charge in [0.2, 0.25) is 0 Å². The van der Waals surface area contributed by atoms with Crippen LogP contribution in [-0.4, -0.2) is 20.7 Å². The van der Waals surface area contributed by atoms with E-state index in [-0.39, 0.29) is 0 Å². The molecule has 1 rings (SSSR count). The molecule has 0 amide bonds. The predicted octanol–water partition coefficient (Wildman–Crippen LogP) is 3.28. The van der Waals surface area contributed by atoms with Gasteiger partial charge in [0, 0.05) is 0 Å². The Morgan fingerprint density at radius 1 is 1.25 bits per heavy atom. The highest BCUT2D eigenvalue weighted by Crippen LogP contribution is 2.25. The first-order chi connectivity index (χ1) is 7.77. The van der Waals surface area contributed by atoms with Gasteiger partial charge in [-0.05, 0) is 50.6 Å². The maximum atomic E-state index is 6.06. The summed E-state index contributed by atoms with van der Waals surface area (Å²) in [7, 11) is 3.63. The molecule has 0 aliphatic carbocycles. The Labute approximate surface area is 103 Å². The fraction of sp³-hybridized carbons (Fsp3) is 0.538. The van der Waals surface area contributed by atoms with E-state index < -0.39 is 0 Å². The van der Waals surface area contributed by atoms with E-state index in [2.05, 4.69) is 11.4 Å². The van der Waals surface area contributed by atoms with Crippen LogP contribution in [0, 0.1) is 0 Å². The normalized spacial score (nSPS) is 10.4. The van der Waals surface area contributed by atoms with Crippen LogP contribution in [0.2, 0.25) is 5.02 Å². The number of aryl methyl sites for hydroxylation is 1. The quantitative estimate of drug-likeness (QED) is 0.740. The predicted molar refractivity (Wildman–Crippen MR) is 69.5 cm³/mol. The molecule has 0 saturated carbocycles. The van der Waals surface area contributed by atoms with Gasteiger partial charge < -0.3 is 10.1 Å². The Bertz CT molecular complexity index is 315. The zero-order valence-corrected chi connectivity index (χ0v) is 10.8. The third-order valence-electron chi connectivity index (χ3n) is 2.61. The second-order valence-electron chi connectivity index (χ2n) is 3.88. The average molecular weight is 242 g/mol. The Morgan fingerprint density at radius 2 is 2.06 bits per heavy atom. The highest BCUT2D eigenvalue weighted by Gasteiger charge is 2.01. The second-order valence-corrected chi connectivity index (χ2v) is 4.29. The van der Waals surface area contributed by atoms with Crippen molar-refractivity contribution < 1.29 is 4.74 Å². The number of methoxy groups -OCH3 is 1. The van der Waals surface area contributed by atoms with Crippen LogP contribution in [0.4, 0.5) is 0 Å². The largest absolute Gasteiger partial charge is 0.495 e. The molecule has 0 spiro atoms. The van der Waals surface area contributed by atoms with Crippen LogP contribution in [0.5, 0.6) is 5.75 Å². The van der Waals surface area contributed by atoms with Gasteiger partial charge in [-0.3, -0.25) is 0 Å². The Balaban J connectivity index is 2.34. The van der Waals surface area contributed by atoms with E-state index in [1.165, 1.54) is 24.8 Å². The first-order valence-electron chi connectivity index (χ1n) is 5.75. The van der Waals surface area contributed by atoms with Gasteiger partial charge in [-0.25, -0.2) is 0 Å². The van der Waals surface area contributed by atoms with Crippen LogP contribution >= 0.6 is 11.6 Å². The van der Waals surface area contributed by atoms with Gasteiger partial charge in [0.15, 0.2) is 0 Å². The van der Waals surface area contributed by atoms with Gasteiger partial charge in [0.05, 0.1) is 12.1 Å². The summed E-state index contributed by atoms with van der Waals surface area (Å²) in [6.45, 7) is 1.10. The van der Waals surface area contributed by atoms with Gasteiger partial charge in [0.1, 0.15) is 5.75 Å². The highest BCUT2D eigenvalue weighted by atomic mass is 35.5. The van der Waals surface area contributed by atoms with E-state index in [1.54, 1.807) is 7.11 Å². The van der Waals surface area contributed by atoms with E-state index in [0.717, 1.165) is 18.7 Å². The molecular formula is C13H20ClNO. The molecule has 0 aliphatic heterocycles. The van der Waals surface area contributed by atoms with Crippen molar-refractivity contribution in [2.45, 2.75) is 25.7 Å². The number of hydrogen-bond acceptors (Lipinski definition) is 2. The summed E-state index contributed by atoms with van der Waals surface area (Å²) in [4.78, 5) is 0. The smallest absolute Gasteiger partial charge is 0.137 e. The molecule has 16 heavy (non-hydrogen) atoms. The van der Waals surface area contributed by atoms with Gasteiger partial charge in [-0.15, -0.1) is 0 Å². The number of halogens is 1. The van der Waals surface area contributed by atoms with E-state index in [4.69, 9.17) is 16.3 Å². The summed E-state index contributed by atoms with van der Waals surface area (Å²) in [5, 5.41) is 3.86. The third-order valence-corrected chi connectivity index (χ3v) is 2.90. The fourth-order valence-corrected chi connectivity index (χ4v) is 1.95.